The number of aliphatic hydroxyl groups is 2. The smallest absolute Gasteiger partial charge is 0.309 e. The van der Waals surface area contributed by atoms with Crippen molar-refractivity contribution in [3.8, 4) is 0 Å². The van der Waals surface area contributed by atoms with Crippen LogP contribution >= 0.6 is 0 Å². The SMILES string of the molecule is C1CCOC1.C1CCOCC1.O=C1CCCCO1.O=C1CCCO1.O=C1OC2CC3CC1C2C3.O=C1OC2CCCC1C2.OC12CC3CC(CC(C3)C1)C2.OC1CCCCC1. The van der Waals surface area contributed by atoms with Crippen molar-refractivity contribution in [2.75, 3.05) is 39.6 Å². The van der Waals surface area contributed by atoms with Gasteiger partial charge in [-0.3, -0.25) is 19.2 Å². The molecule has 6 saturated heterocycles. The number of hydrogen-bond acceptors (Lipinski definition) is 12. The van der Waals surface area contributed by atoms with Gasteiger partial charge in [0.25, 0.3) is 0 Å². The van der Waals surface area contributed by atoms with Crippen molar-refractivity contribution in [2.45, 2.75) is 204 Å². The summed E-state index contributed by atoms with van der Waals surface area (Å²) in [4.78, 5) is 42.2. The number of carbonyl (C=O) groups excluding carboxylic acids is 4. The zero-order chi connectivity index (χ0) is 42.9. The summed E-state index contributed by atoms with van der Waals surface area (Å²) in [6.07, 6.45) is 32.8. The number of cyclic esters (lactones) is 2. The van der Waals surface area contributed by atoms with Gasteiger partial charge in [0, 0.05) is 45.2 Å². The summed E-state index contributed by atoms with van der Waals surface area (Å²) in [6, 6.07) is 0. The molecule has 0 amide bonds. The van der Waals surface area contributed by atoms with E-state index in [-0.39, 0.29) is 47.6 Å². The predicted molar refractivity (Wildman–Crippen MR) is 228 cm³/mol. The molecule has 8 bridgehead atoms. The van der Waals surface area contributed by atoms with Gasteiger partial charge >= 0.3 is 23.9 Å². The van der Waals surface area contributed by atoms with Crippen molar-refractivity contribution in [3.05, 3.63) is 0 Å². The lowest BCUT2D eigenvalue weighted by atomic mass is 9.54. The van der Waals surface area contributed by atoms with Gasteiger partial charge in [0.2, 0.25) is 0 Å². The van der Waals surface area contributed by atoms with Gasteiger partial charge in [0.05, 0.1) is 36.8 Å². The summed E-state index contributed by atoms with van der Waals surface area (Å²) >= 11 is 0. The fourth-order valence-corrected chi connectivity index (χ4v) is 12.1. The van der Waals surface area contributed by atoms with Gasteiger partial charge < -0.3 is 38.6 Å². The molecular formula is C49H80O12. The van der Waals surface area contributed by atoms with Gasteiger partial charge in [0.1, 0.15) is 12.2 Å². The number of aliphatic hydroxyl groups excluding tert-OH is 1. The quantitative estimate of drug-likeness (QED) is 0.177. The van der Waals surface area contributed by atoms with E-state index in [4.69, 9.17) is 24.1 Å². The summed E-state index contributed by atoms with van der Waals surface area (Å²) in [5.74, 6) is 4.77. The van der Waals surface area contributed by atoms with Crippen LogP contribution in [0.15, 0.2) is 0 Å². The predicted octanol–water partition coefficient (Wildman–Crippen LogP) is 8.34. The molecule has 6 heterocycles. The number of hydrogen-bond donors (Lipinski definition) is 2. The van der Waals surface area contributed by atoms with Gasteiger partial charge in [-0.2, -0.15) is 0 Å². The van der Waals surface area contributed by atoms with E-state index in [0.29, 0.717) is 44.0 Å². The molecule has 0 spiro atoms. The molecular weight excluding hydrogens is 781 g/mol. The molecule has 0 aromatic carbocycles. The lowest BCUT2D eigenvalue weighted by Gasteiger charge is -2.54. The summed E-state index contributed by atoms with van der Waals surface area (Å²) in [6.45, 7) is 5.28. The van der Waals surface area contributed by atoms with Crippen LogP contribution in [-0.4, -0.2) is 97.6 Å². The van der Waals surface area contributed by atoms with Crippen molar-refractivity contribution in [2.24, 2.45) is 41.4 Å². The van der Waals surface area contributed by atoms with Gasteiger partial charge in [0.15, 0.2) is 0 Å². The summed E-state index contributed by atoms with van der Waals surface area (Å²) < 4.78 is 29.4. The molecule has 14 aliphatic rings. The average molecular weight is 861 g/mol. The highest BCUT2D eigenvalue weighted by atomic mass is 16.6. The number of carbonyl (C=O) groups is 4. The third kappa shape index (κ3) is 16.3. The first kappa shape index (κ1) is 48.2. The molecule has 6 unspecified atom stereocenters. The summed E-state index contributed by atoms with van der Waals surface area (Å²) in [5, 5.41) is 19.0. The molecule has 8 saturated carbocycles. The van der Waals surface area contributed by atoms with Crippen LogP contribution in [0.5, 0.6) is 0 Å². The van der Waals surface area contributed by atoms with E-state index >= 15 is 0 Å². The van der Waals surface area contributed by atoms with E-state index in [2.05, 4.69) is 9.47 Å². The Bertz CT molecular complexity index is 1270. The molecule has 0 aromatic rings. The molecule has 6 aliphatic heterocycles. The fraction of sp³-hybridized carbons (Fsp3) is 0.918. The van der Waals surface area contributed by atoms with Crippen molar-refractivity contribution >= 4 is 23.9 Å². The van der Waals surface area contributed by atoms with Crippen LogP contribution in [0, 0.1) is 41.4 Å². The van der Waals surface area contributed by atoms with Gasteiger partial charge in [-0.1, -0.05) is 19.3 Å². The van der Waals surface area contributed by atoms with E-state index in [1.54, 1.807) is 0 Å². The Kier molecular flexibility index (Phi) is 20.0. The zero-order valence-corrected chi connectivity index (χ0v) is 37.3. The topological polar surface area (TPSA) is 164 Å². The molecule has 348 valence electrons. The Morgan fingerprint density at radius 3 is 1.39 bits per heavy atom. The molecule has 12 heteroatoms. The Hall–Kier alpha value is -2.28. The second-order valence-corrected chi connectivity index (χ2v) is 20.2. The standard InChI is InChI=1S/C10H16O.C8H10O2.C7H10O2.C6H12O.C5H8O2.C5H10O.C4H6O2.C4H8O/c11-10-4-7-1-8(5-10)3-9(2-7)6-10;9-8-6-2-4-1-5(6)7(3-4)10-8;8-7-5-2-1-3-6(4-5)9-7;7-6-4-2-1-3-5-6;6-5-3-1-2-4-7-5;1-2-4-6-5-3-1;5-4-2-1-3-6-4;1-2-4-5-3-1/h7-9,11H,1-6H2;4-7H,1-3H2;5-6H,1-4H2;6-7H,1-5H2;1-4H2;1-5H2;1-3H2;1-4H2. The van der Waals surface area contributed by atoms with E-state index in [1.165, 1.54) is 83.5 Å². The Labute approximate surface area is 365 Å². The Morgan fingerprint density at radius 1 is 0.475 bits per heavy atom. The van der Waals surface area contributed by atoms with E-state index < -0.39 is 0 Å². The molecule has 2 N–H and O–H groups in total. The Morgan fingerprint density at radius 2 is 1.03 bits per heavy atom. The van der Waals surface area contributed by atoms with Crippen LogP contribution in [0.4, 0.5) is 0 Å². The molecule has 61 heavy (non-hydrogen) atoms. The lowest BCUT2D eigenvalue weighted by Crippen LogP contribution is -2.50. The average Bonchev–Trinajstić information content (AvgIpc) is 4.14. The number of rotatable bonds is 0. The molecule has 14 fully saturated rings. The minimum atomic E-state index is -0.200. The minimum Gasteiger partial charge on any atom is -0.466 e. The van der Waals surface area contributed by atoms with E-state index in [0.717, 1.165) is 134 Å². The van der Waals surface area contributed by atoms with Crippen LogP contribution in [-0.2, 0) is 47.6 Å². The molecule has 0 radical (unpaired) electrons. The zero-order valence-electron chi connectivity index (χ0n) is 37.3. The van der Waals surface area contributed by atoms with E-state index in [9.17, 15) is 24.3 Å². The number of fused-ring (bicyclic) bond motifs is 3. The second kappa shape index (κ2) is 25.3. The first-order valence-corrected chi connectivity index (χ1v) is 24.9. The number of ether oxygens (including phenoxy) is 6. The largest absolute Gasteiger partial charge is 0.466 e. The highest BCUT2D eigenvalue weighted by Crippen LogP contribution is 2.56. The molecule has 0 aromatic heterocycles. The fourth-order valence-electron chi connectivity index (χ4n) is 12.1. The number of esters is 4. The third-order valence-electron chi connectivity index (χ3n) is 14.9. The Balaban J connectivity index is 0.000000118. The van der Waals surface area contributed by atoms with Crippen molar-refractivity contribution in [1.82, 2.24) is 0 Å². The molecule has 14 rings (SSSR count). The van der Waals surface area contributed by atoms with Crippen LogP contribution < -0.4 is 0 Å². The van der Waals surface area contributed by atoms with Crippen LogP contribution in [0.25, 0.3) is 0 Å². The van der Waals surface area contributed by atoms with Crippen LogP contribution in [0.1, 0.15) is 180 Å². The summed E-state index contributed by atoms with van der Waals surface area (Å²) in [7, 11) is 0. The highest BCUT2D eigenvalue weighted by molar-refractivity contribution is 5.76. The normalized spacial score (nSPS) is 37.8. The van der Waals surface area contributed by atoms with Crippen LogP contribution in [0.2, 0.25) is 0 Å². The lowest BCUT2D eigenvalue weighted by molar-refractivity contribution is -0.147. The van der Waals surface area contributed by atoms with Gasteiger partial charge in [-0.15, -0.1) is 0 Å². The maximum Gasteiger partial charge on any atom is 0.309 e. The van der Waals surface area contributed by atoms with E-state index in [1.807, 2.05) is 0 Å². The maximum absolute atomic E-state index is 11.1. The van der Waals surface area contributed by atoms with Gasteiger partial charge in [-0.25, -0.2) is 0 Å². The van der Waals surface area contributed by atoms with Crippen molar-refractivity contribution in [1.29, 1.82) is 0 Å². The molecule has 12 nitrogen and oxygen atoms in total. The van der Waals surface area contributed by atoms with Crippen molar-refractivity contribution in [3.63, 3.8) is 0 Å². The van der Waals surface area contributed by atoms with Crippen molar-refractivity contribution < 1.29 is 57.8 Å². The summed E-state index contributed by atoms with van der Waals surface area (Å²) in [5.41, 5.74) is -0.200. The molecule has 8 aliphatic carbocycles. The molecule has 6 atom stereocenters. The van der Waals surface area contributed by atoms with Gasteiger partial charge in [-0.05, 0) is 171 Å². The third-order valence-corrected chi connectivity index (χ3v) is 14.9. The maximum atomic E-state index is 11.1. The highest BCUT2D eigenvalue weighted by Gasteiger charge is 2.56. The first-order chi connectivity index (χ1) is 29.6. The minimum absolute atomic E-state index is 0.0359. The monoisotopic (exact) mass is 861 g/mol. The van der Waals surface area contributed by atoms with Crippen LogP contribution in [0.3, 0.4) is 0 Å². The second-order valence-electron chi connectivity index (χ2n) is 20.2. The first-order valence-electron chi connectivity index (χ1n) is 24.9.